The van der Waals surface area contributed by atoms with Gasteiger partial charge in [0, 0.05) is 19.0 Å². The Bertz CT molecular complexity index is 557. The number of piperidine rings is 1. The summed E-state index contributed by atoms with van der Waals surface area (Å²) in [6.45, 7) is 0.896. The first-order valence-corrected chi connectivity index (χ1v) is 8.45. The number of nitrogens with one attached hydrogen (secondary N) is 1. The summed E-state index contributed by atoms with van der Waals surface area (Å²) in [4.78, 5) is 0. The molecule has 6 heteroatoms. The normalized spacial score (nSPS) is 20.7. The molecule has 1 atom stereocenters. The van der Waals surface area contributed by atoms with Crippen molar-refractivity contribution in [2.45, 2.75) is 19.3 Å². The first-order valence-electron chi connectivity index (χ1n) is 6.85. The number of amidine groups is 1. The van der Waals surface area contributed by atoms with Gasteiger partial charge in [-0.3, -0.25) is 5.41 Å². The molecule has 2 rings (SSSR count). The molecule has 20 heavy (non-hydrogen) atoms. The summed E-state index contributed by atoms with van der Waals surface area (Å²) in [5.41, 5.74) is 6.52. The Kier molecular flexibility index (Phi) is 4.77. The quantitative estimate of drug-likeness (QED) is 0.632. The monoisotopic (exact) mass is 295 g/mol. The molecule has 0 amide bonds. The molecule has 1 unspecified atom stereocenters. The third-order valence-corrected chi connectivity index (χ3v) is 5.55. The minimum Gasteiger partial charge on any atom is -0.387 e. The molecule has 3 N–H and O–H groups in total. The molecule has 1 saturated heterocycles. The number of benzene rings is 1. The highest BCUT2D eigenvalue weighted by Gasteiger charge is 2.29. The number of rotatable bonds is 5. The fourth-order valence-corrected chi connectivity index (χ4v) is 4.04. The zero-order valence-corrected chi connectivity index (χ0v) is 12.3. The van der Waals surface area contributed by atoms with Crippen molar-refractivity contribution in [1.29, 1.82) is 5.41 Å². The SMILES string of the molecule is N=C(N)C1CCCN(S(=O)(=O)CCc2ccccc2)C1. The second-order valence-corrected chi connectivity index (χ2v) is 7.29. The van der Waals surface area contributed by atoms with Gasteiger partial charge in [0.15, 0.2) is 0 Å². The Labute approximate surface area is 120 Å². The number of aryl methyl sites for hydroxylation is 1. The third-order valence-electron chi connectivity index (χ3n) is 3.71. The Hall–Kier alpha value is -1.40. The first-order chi connectivity index (χ1) is 9.49. The van der Waals surface area contributed by atoms with Crippen molar-refractivity contribution in [2.24, 2.45) is 11.7 Å². The van der Waals surface area contributed by atoms with E-state index in [4.69, 9.17) is 11.1 Å². The van der Waals surface area contributed by atoms with Crippen molar-refractivity contribution in [3.05, 3.63) is 35.9 Å². The lowest BCUT2D eigenvalue weighted by atomic mass is 9.99. The van der Waals surface area contributed by atoms with E-state index in [0.717, 1.165) is 18.4 Å². The fraction of sp³-hybridized carbons (Fsp3) is 0.500. The van der Waals surface area contributed by atoms with Crippen LogP contribution in [-0.4, -0.2) is 37.4 Å². The number of nitrogens with zero attached hydrogens (tertiary/aromatic N) is 1. The molecule has 1 aromatic rings. The van der Waals surface area contributed by atoms with Crippen LogP contribution in [-0.2, 0) is 16.4 Å². The molecule has 1 aliphatic rings. The maximum Gasteiger partial charge on any atom is 0.214 e. The zero-order valence-electron chi connectivity index (χ0n) is 11.5. The molecule has 110 valence electrons. The van der Waals surface area contributed by atoms with Crippen LogP contribution in [0.5, 0.6) is 0 Å². The fourth-order valence-electron chi connectivity index (χ4n) is 2.47. The van der Waals surface area contributed by atoms with Gasteiger partial charge in [-0.1, -0.05) is 30.3 Å². The van der Waals surface area contributed by atoms with Crippen molar-refractivity contribution in [1.82, 2.24) is 4.31 Å². The topological polar surface area (TPSA) is 87.2 Å². The average molecular weight is 295 g/mol. The van der Waals surface area contributed by atoms with Gasteiger partial charge < -0.3 is 5.73 Å². The molecule has 1 fully saturated rings. The number of hydrogen-bond donors (Lipinski definition) is 2. The Morgan fingerprint density at radius 3 is 2.70 bits per heavy atom. The van der Waals surface area contributed by atoms with Crippen LogP contribution in [0.1, 0.15) is 18.4 Å². The van der Waals surface area contributed by atoms with E-state index in [2.05, 4.69) is 0 Å². The van der Waals surface area contributed by atoms with E-state index in [9.17, 15) is 8.42 Å². The molecule has 1 aromatic carbocycles. The van der Waals surface area contributed by atoms with E-state index in [1.165, 1.54) is 4.31 Å². The molecule has 0 bridgehead atoms. The lowest BCUT2D eigenvalue weighted by molar-refractivity contribution is 0.310. The summed E-state index contributed by atoms with van der Waals surface area (Å²) in [5.74, 6) is 0.0740. The summed E-state index contributed by atoms with van der Waals surface area (Å²) in [6.07, 6.45) is 2.10. The molecular weight excluding hydrogens is 274 g/mol. The summed E-state index contributed by atoms with van der Waals surface area (Å²) in [6, 6.07) is 9.61. The van der Waals surface area contributed by atoms with Crippen LogP contribution in [0.15, 0.2) is 30.3 Å². The molecule has 1 aliphatic heterocycles. The minimum atomic E-state index is -3.27. The van der Waals surface area contributed by atoms with Crippen LogP contribution in [0.25, 0.3) is 0 Å². The number of hydrogen-bond acceptors (Lipinski definition) is 3. The van der Waals surface area contributed by atoms with Crippen LogP contribution in [0.3, 0.4) is 0 Å². The predicted octanol–water partition coefficient (Wildman–Crippen LogP) is 1.21. The van der Waals surface area contributed by atoms with E-state index in [1.807, 2.05) is 30.3 Å². The van der Waals surface area contributed by atoms with E-state index >= 15 is 0 Å². The summed E-state index contributed by atoms with van der Waals surface area (Å²) in [5, 5.41) is 7.48. The highest BCUT2D eigenvalue weighted by molar-refractivity contribution is 7.89. The Balaban J connectivity index is 1.97. The number of sulfonamides is 1. The van der Waals surface area contributed by atoms with Gasteiger partial charge >= 0.3 is 0 Å². The lowest BCUT2D eigenvalue weighted by Gasteiger charge is -2.31. The van der Waals surface area contributed by atoms with Gasteiger partial charge in [0.25, 0.3) is 0 Å². The molecule has 1 heterocycles. The van der Waals surface area contributed by atoms with Crippen molar-refractivity contribution in [3.8, 4) is 0 Å². The van der Waals surface area contributed by atoms with Gasteiger partial charge in [0.05, 0.1) is 11.6 Å². The van der Waals surface area contributed by atoms with E-state index in [0.29, 0.717) is 19.5 Å². The summed E-state index contributed by atoms with van der Waals surface area (Å²) in [7, 11) is -3.27. The van der Waals surface area contributed by atoms with E-state index < -0.39 is 10.0 Å². The molecule has 0 radical (unpaired) electrons. The highest BCUT2D eigenvalue weighted by atomic mass is 32.2. The summed E-state index contributed by atoms with van der Waals surface area (Å²) < 4.78 is 26.2. The van der Waals surface area contributed by atoms with Crippen LogP contribution in [0, 0.1) is 11.3 Å². The highest BCUT2D eigenvalue weighted by Crippen LogP contribution is 2.19. The van der Waals surface area contributed by atoms with Crippen LogP contribution in [0.4, 0.5) is 0 Å². The molecule has 0 saturated carbocycles. The second-order valence-electron chi connectivity index (χ2n) is 5.20. The maximum absolute atomic E-state index is 12.3. The van der Waals surface area contributed by atoms with Gasteiger partial charge in [-0.25, -0.2) is 12.7 Å². The second kappa shape index (κ2) is 6.37. The Morgan fingerprint density at radius 2 is 2.05 bits per heavy atom. The maximum atomic E-state index is 12.3. The zero-order chi connectivity index (χ0) is 14.6. The van der Waals surface area contributed by atoms with E-state index in [1.54, 1.807) is 0 Å². The van der Waals surface area contributed by atoms with Crippen LogP contribution >= 0.6 is 0 Å². The van der Waals surface area contributed by atoms with Gasteiger partial charge in [-0.2, -0.15) is 0 Å². The predicted molar refractivity (Wildman–Crippen MR) is 80.1 cm³/mol. The molecule has 5 nitrogen and oxygen atoms in total. The van der Waals surface area contributed by atoms with Gasteiger partial charge in [-0.05, 0) is 24.8 Å². The van der Waals surface area contributed by atoms with Gasteiger partial charge in [0.1, 0.15) is 0 Å². The summed E-state index contributed by atoms with van der Waals surface area (Å²) >= 11 is 0. The standard InChI is InChI=1S/C14H21N3O2S/c15-14(16)13-7-4-9-17(11-13)20(18,19)10-8-12-5-2-1-3-6-12/h1-3,5-6,13H,4,7-11H2,(H3,15,16). The molecular formula is C14H21N3O2S. The Morgan fingerprint density at radius 1 is 1.35 bits per heavy atom. The van der Waals surface area contributed by atoms with Crippen molar-refractivity contribution in [2.75, 3.05) is 18.8 Å². The molecule has 0 aromatic heterocycles. The number of nitrogens with two attached hydrogens (primary N) is 1. The van der Waals surface area contributed by atoms with Crippen LogP contribution in [0.2, 0.25) is 0 Å². The van der Waals surface area contributed by atoms with Gasteiger partial charge in [0.2, 0.25) is 10.0 Å². The van der Waals surface area contributed by atoms with Crippen molar-refractivity contribution < 1.29 is 8.42 Å². The van der Waals surface area contributed by atoms with Gasteiger partial charge in [-0.15, -0.1) is 0 Å². The van der Waals surface area contributed by atoms with Crippen LogP contribution < -0.4 is 5.73 Å². The smallest absolute Gasteiger partial charge is 0.214 e. The van der Waals surface area contributed by atoms with Crippen molar-refractivity contribution in [3.63, 3.8) is 0 Å². The average Bonchev–Trinajstić information content (AvgIpc) is 2.46. The first kappa shape index (κ1) is 15.0. The molecule has 0 aliphatic carbocycles. The minimum absolute atomic E-state index is 0.0907. The van der Waals surface area contributed by atoms with E-state index in [-0.39, 0.29) is 17.5 Å². The lowest BCUT2D eigenvalue weighted by Crippen LogP contribution is -2.44. The molecule has 0 spiro atoms. The largest absolute Gasteiger partial charge is 0.387 e. The van der Waals surface area contributed by atoms with Crippen molar-refractivity contribution >= 4 is 15.9 Å². The third kappa shape index (κ3) is 3.80.